The van der Waals surface area contributed by atoms with Gasteiger partial charge in [-0.2, -0.15) is 0 Å². The molecule has 0 unspecified atom stereocenters. The highest BCUT2D eigenvalue weighted by Crippen LogP contribution is 2.24. The number of amides is 1. The Labute approximate surface area is 184 Å². The molecule has 3 aromatic rings. The maximum atomic E-state index is 13.0. The summed E-state index contributed by atoms with van der Waals surface area (Å²) in [4.78, 5) is 26.4. The Bertz CT molecular complexity index is 1050. The van der Waals surface area contributed by atoms with Gasteiger partial charge < -0.3 is 9.80 Å². The largest absolute Gasteiger partial charge is 0.353 e. The predicted octanol–water partition coefficient (Wildman–Crippen LogP) is 4.71. The molecule has 1 aliphatic rings. The van der Waals surface area contributed by atoms with Gasteiger partial charge in [-0.3, -0.25) is 4.79 Å². The number of aromatic nitrogens is 2. The quantitative estimate of drug-likeness (QED) is 0.623. The van der Waals surface area contributed by atoms with Gasteiger partial charge in [-0.1, -0.05) is 63.2 Å². The molecule has 1 saturated heterocycles. The second kappa shape index (κ2) is 8.50. The predicted molar refractivity (Wildman–Crippen MR) is 125 cm³/mol. The van der Waals surface area contributed by atoms with E-state index in [4.69, 9.17) is 0 Å². The van der Waals surface area contributed by atoms with Gasteiger partial charge in [0.25, 0.3) is 5.91 Å². The third-order valence-corrected chi connectivity index (χ3v) is 5.78. The average Bonchev–Trinajstić information content (AvgIpc) is 2.78. The molecule has 5 heteroatoms. The van der Waals surface area contributed by atoms with Crippen LogP contribution in [-0.2, 0) is 5.41 Å². The maximum Gasteiger partial charge on any atom is 0.253 e. The van der Waals surface area contributed by atoms with Gasteiger partial charge in [0.2, 0.25) is 0 Å². The van der Waals surface area contributed by atoms with Gasteiger partial charge in [0, 0.05) is 43.4 Å². The van der Waals surface area contributed by atoms with Gasteiger partial charge >= 0.3 is 0 Å². The number of benzene rings is 2. The smallest absolute Gasteiger partial charge is 0.253 e. The zero-order valence-corrected chi connectivity index (χ0v) is 18.8. The summed E-state index contributed by atoms with van der Waals surface area (Å²) >= 11 is 0. The van der Waals surface area contributed by atoms with Crippen molar-refractivity contribution in [3.8, 4) is 11.3 Å². The average molecular weight is 415 g/mol. The Kier molecular flexibility index (Phi) is 5.77. The van der Waals surface area contributed by atoms with Crippen molar-refractivity contribution in [1.82, 2.24) is 14.9 Å². The molecule has 1 aromatic heterocycles. The van der Waals surface area contributed by atoms with Crippen LogP contribution in [0.1, 0.15) is 42.5 Å². The summed E-state index contributed by atoms with van der Waals surface area (Å²) in [5.41, 5.74) is 4.09. The first-order valence-corrected chi connectivity index (χ1v) is 10.9. The highest BCUT2D eigenvalue weighted by Gasteiger charge is 2.24. The van der Waals surface area contributed by atoms with Gasteiger partial charge in [-0.25, -0.2) is 9.97 Å². The molecule has 160 valence electrons. The molecule has 4 rings (SSSR count). The standard InChI is InChI=1S/C26H30N4O/c1-19-27-23(20-8-6-5-7-9-20)18-24(28-19)29-14-16-30(17-15-29)25(31)21-10-12-22(13-11-21)26(2,3)4/h5-13,18H,14-17H2,1-4H3. The lowest BCUT2D eigenvalue weighted by atomic mass is 9.86. The maximum absolute atomic E-state index is 13.0. The number of nitrogens with zero attached hydrogens (tertiary/aromatic N) is 4. The number of hydrogen-bond acceptors (Lipinski definition) is 4. The number of carbonyl (C=O) groups excluding carboxylic acids is 1. The fourth-order valence-corrected chi connectivity index (χ4v) is 3.90. The summed E-state index contributed by atoms with van der Waals surface area (Å²) < 4.78 is 0. The Morgan fingerprint density at radius 2 is 1.52 bits per heavy atom. The van der Waals surface area contributed by atoms with Crippen molar-refractivity contribution in [1.29, 1.82) is 0 Å². The van der Waals surface area contributed by atoms with Crippen LogP contribution < -0.4 is 4.90 Å². The highest BCUT2D eigenvalue weighted by molar-refractivity contribution is 5.94. The second-order valence-corrected chi connectivity index (χ2v) is 9.13. The van der Waals surface area contributed by atoms with Crippen LogP contribution >= 0.6 is 0 Å². The fraction of sp³-hybridized carbons (Fsp3) is 0.346. The van der Waals surface area contributed by atoms with E-state index in [1.165, 1.54) is 5.56 Å². The van der Waals surface area contributed by atoms with Crippen LogP contribution in [0.3, 0.4) is 0 Å². The molecular formula is C26H30N4O. The molecule has 2 heterocycles. The van der Waals surface area contributed by atoms with Crippen molar-refractivity contribution in [2.24, 2.45) is 0 Å². The van der Waals surface area contributed by atoms with Gasteiger partial charge in [0.1, 0.15) is 11.6 Å². The van der Waals surface area contributed by atoms with Gasteiger partial charge in [-0.15, -0.1) is 0 Å². The van der Waals surface area contributed by atoms with E-state index >= 15 is 0 Å². The minimum Gasteiger partial charge on any atom is -0.353 e. The van der Waals surface area contributed by atoms with Crippen LogP contribution in [0, 0.1) is 6.92 Å². The Morgan fingerprint density at radius 1 is 0.871 bits per heavy atom. The van der Waals surface area contributed by atoms with E-state index in [9.17, 15) is 4.79 Å². The van der Waals surface area contributed by atoms with Crippen molar-refractivity contribution < 1.29 is 4.79 Å². The van der Waals surface area contributed by atoms with E-state index in [1.807, 2.05) is 48.2 Å². The number of aryl methyl sites for hydroxylation is 1. The number of carbonyl (C=O) groups is 1. The molecular weight excluding hydrogens is 384 g/mol. The molecule has 0 atom stereocenters. The first-order chi connectivity index (χ1) is 14.8. The molecule has 0 aliphatic carbocycles. The van der Waals surface area contributed by atoms with E-state index in [0.29, 0.717) is 13.1 Å². The lowest BCUT2D eigenvalue weighted by Crippen LogP contribution is -2.49. The van der Waals surface area contributed by atoms with E-state index in [0.717, 1.165) is 41.6 Å². The molecule has 0 radical (unpaired) electrons. The number of rotatable bonds is 3. The SMILES string of the molecule is Cc1nc(-c2ccccc2)cc(N2CCN(C(=O)c3ccc(C(C)(C)C)cc3)CC2)n1. The van der Waals surface area contributed by atoms with Crippen LogP contribution in [0.25, 0.3) is 11.3 Å². The van der Waals surface area contributed by atoms with Crippen molar-refractivity contribution in [2.75, 3.05) is 31.1 Å². The van der Waals surface area contributed by atoms with Gasteiger partial charge in [-0.05, 0) is 30.0 Å². The third kappa shape index (κ3) is 4.76. The van der Waals surface area contributed by atoms with Gasteiger partial charge in [0.05, 0.1) is 5.69 Å². The molecule has 0 spiro atoms. The fourth-order valence-electron chi connectivity index (χ4n) is 3.90. The van der Waals surface area contributed by atoms with Crippen molar-refractivity contribution in [2.45, 2.75) is 33.1 Å². The van der Waals surface area contributed by atoms with E-state index in [-0.39, 0.29) is 11.3 Å². The van der Waals surface area contributed by atoms with Crippen LogP contribution in [0.4, 0.5) is 5.82 Å². The highest BCUT2D eigenvalue weighted by atomic mass is 16.2. The summed E-state index contributed by atoms with van der Waals surface area (Å²) in [6.07, 6.45) is 0. The summed E-state index contributed by atoms with van der Waals surface area (Å²) in [7, 11) is 0. The molecule has 0 bridgehead atoms. The second-order valence-electron chi connectivity index (χ2n) is 9.13. The summed E-state index contributed by atoms with van der Waals surface area (Å²) in [5.74, 6) is 1.78. The molecule has 1 amide bonds. The number of piperazine rings is 1. The number of hydrogen-bond donors (Lipinski definition) is 0. The normalized spacial score (nSPS) is 14.6. The molecule has 31 heavy (non-hydrogen) atoms. The first kappa shape index (κ1) is 21.0. The zero-order chi connectivity index (χ0) is 22.0. The molecule has 1 aliphatic heterocycles. The lowest BCUT2D eigenvalue weighted by Gasteiger charge is -2.35. The first-order valence-electron chi connectivity index (χ1n) is 10.9. The minimum atomic E-state index is 0.0848. The Balaban J connectivity index is 1.44. The lowest BCUT2D eigenvalue weighted by molar-refractivity contribution is 0.0746. The van der Waals surface area contributed by atoms with Crippen molar-refractivity contribution in [3.63, 3.8) is 0 Å². The van der Waals surface area contributed by atoms with Crippen LogP contribution in [0.5, 0.6) is 0 Å². The summed E-state index contributed by atoms with van der Waals surface area (Å²) in [6.45, 7) is 11.4. The Morgan fingerprint density at radius 3 is 2.13 bits per heavy atom. The minimum absolute atomic E-state index is 0.0848. The Hall–Kier alpha value is -3.21. The third-order valence-electron chi connectivity index (χ3n) is 5.78. The van der Waals surface area contributed by atoms with Crippen LogP contribution in [0.15, 0.2) is 60.7 Å². The monoisotopic (exact) mass is 414 g/mol. The van der Waals surface area contributed by atoms with Crippen molar-refractivity contribution >= 4 is 11.7 Å². The van der Waals surface area contributed by atoms with Crippen molar-refractivity contribution in [3.05, 3.63) is 77.6 Å². The zero-order valence-electron chi connectivity index (χ0n) is 18.8. The van der Waals surface area contributed by atoms with Gasteiger partial charge in [0.15, 0.2) is 0 Å². The molecule has 1 fully saturated rings. The topological polar surface area (TPSA) is 49.3 Å². The van der Waals surface area contributed by atoms with Crippen LogP contribution in [0.2, 0.25) is 0 Å². The molecule has 0 saturated carbocycles. The number of anilines is 1. The molecule has 5 nitrogen and oxygen atoms in total. The molecule has 2 aromatic carbocycles. The van der Waals surface area contributed by atoms with Crippen LogP contribution in [-0.4, -0.2) is 47.0 Å². The molecule has 0 N–H and O–H groups in total. The summed E-state index contributed by atoms with van der Waals surface area (Å²) in [5, 5.41) is 0. The van der Waals surface area contributed by atoms with E-state index in [2.05, 4.69) is 59.9 Å². The van der Waals surface area contributed by atoms with E-state index in [1.54, 1.807) is 0 Å². The summed E-state index contributed by atoms with van der Waals surface area (Å²) in [6, 6.07) is 20.3. The van der Waals surface area contributed by atoms with E-state index < -0.39 is 0 Å².